The molecule has 182 valence electrons. The molecule has 7 atom stereocenters. The molecule has 0 aromatic carbocycles. The molecular weight excluding hydrogens is 438 g/mol. The number of ether oxygens (including phenoxy) is 4. The molecule has 7 nitrogen and oxygen atoms in total. The average Bonchev–Trinajstić information content (AvgIpc) is 3.35. The molecule has 0 radical (unpaired) electrons. The van der Waals surface area contributed by atoms with Crippen LogP contribution in [0.15, 0.2) is 0 Å². The Bertz CT molecular complexity index is 882. The number of hydrogen-bond donors (Lipinski definition) is 0. The van der Waals surface area contributed by atoms with Crippen molar-refractivity contribution in [1.82, 2.24) is 0 Å². The minimum atomic E-state index is -3.52. The maximum Gasteiger partial charge on any atom is 0.377 e. The highest BCUT2D eigenvalue weighted by atomic mass is 19.3. The van der Waals surface area contributed by atoms with Crippen LogP contribution >= 0.6 is 0 Å². The summed E-state index contributed by atoms with van der Waals surface area (Å²) >= 11 is 0. The first kappa shape index (κ1) is 21.7. The predicted octanol–water partition coefficient (Wildman–Crippen LogP) is 3.03. The number of halogens is 2. The van der Waals surface area contributed by atoms with E-state index in [-0.39, 0.29) is 54.4 Å². The van der Waals surface area contributed by atoms with Gasteiger partial charge in [0.1, 0.15) is 24.4 Å². The molecule has 7 aliphatic rings. The molecule has 33 heavy (non-hydrogen) atoms. The van der Waals surface area contributed by atoms with Crippen molar-refractivity contribution in [2.24, 2.45) is 35.5 Å². The number of hydrogen-bond acceptors (Lipinski definition) is 7. The second kappa shape index (κ2) is 6.89. The third kappa shape index (κ3) is 3.24. The van der Waals surface area contributed by atoms with Crippen LogP contribution in [-0.2, 0) is 33.3 Å². The topological polar surface area (TPSA) is 88.1 Å². The van der Waals surface area contributed by atoms with Crippen LogP contribution in [0.1, 0.15) is 58.8 Å². The van der Waals surface area contributed by atoms with Gasteiger partial charge in [0.2, 0.25) is 0 Å². The van der Waals surface area contributed by atoms with Gasteiger partial charge in [-0.2, -0.15) is 8.78 Å². The van der Waals surface area contributed by atoms with Gasteiger partial charge in [-0.25, -0.2) is 9.59 Å². The highest BCUT2D eigenvalue weighted by molar-refractivity contribution is 5.78. The first-order valence-corrected chi connectivity index (χ1v) is 12.1. The Balaban J connectivity index is 1.09. The van der Waals surface area contributed by atoms with Crippen molar-refractivity contribution < 1.29 is 42.1 Å². The highest BCUT2D eigenvalue weighted by Gasteiger charge is 2.65. The second-order valence-electron chi connectivity index (χ2n) is 11.6. The van der Waals surface area contributed by atoms with Crippen molar-refractivity contribution in [1.29, 1.82) is 0 Å². The Kier molecular flexibility index (Phi) is 4.54. The summed E-state index contributed by atoms with van der Waals surface area (Å²) in [4.78, 5) is 36.5. The van der Waals surface area contributed by atoms with Gasteiger partial charge in [0.25, 0.3) is 0 Å². The minimum absolute atomic E-state index is 0.0331. The van der Waals surface area contributed by atoms with Crippen LogP contribution in [-0.4, -0.2) is 53.8 Å². The van der Waals surface area contributed by atoms with Crippen molar-refractivity contribution in [2.75, 3.05) is 6.61 Å². The van der Waals surface area contributed by atoms with Crippen molar-refractivity contribution in [3.63, 3.8) is 0 Å². The second-order valence-corrected chi connectivity index (χ2v) is 11.6. The standard InChI is InChI=1S/C24H30F2O7/c1-22(33-21(29)23(2,25)26)13-3-11-4-14(22)9-24(7-11,8-13)30-10-17(27)31-18-12-5-15-16(6-12)20(28)32-19(15)18/h11-16,18-19H,3-10H2,1-2H3. The van der Waals surface area contributed by atoms with Crippen LogP contribution in [0.5, 0.6) is 0 Å². The Labute approximate surface area is 190 Å². The van der Waals surface area contributed by atoms with E-state index in [9.17, 15) is 23.2 Å². The lowest BCUT2D eigenvalue weighted by Gasteiger charge is -2.63. The molecule has 0 N–H and O–H groups in total. The zero-order chi connectivity index (χ0) is 23.3. The lowest BCUT2D eigenvalue weighted by atomic mass is 9.48. The van der Waals surface area contributed by atoms with E-state index in [1.807, 2.05) is 0 Å². The highest BCUT2D eigenvalue weighted by Crippen LogP contribution is 2.62. The molecule has 7 fully saturated rings. The van der Waals surface area contributed by atoms with Gasteiger partial charge in [0.05, 0.1) is 11.5 Å². The Morgan fingerprint density at radius 1 is 1.12 bits per heavy atom. The maximum atomic E-state index is 13.5. The van der Waals surface area contributed by atoms with Gasteiger partial charge in [-0.3, -0.25) is 4.79 Å². The van der Waals surface area contributed by atoms with E-state index in [0.29, 0.717) is 25.7 Å². The van der Waals surface area contributed by atoms with Gasteiger partial charge in [-0.05, 0) is 57.8 Å². The molecule has 0 aromatic rings. The number of carbonyl (C=O) groups is 3. The van der Waals surface area contributed by atoms with E-state index in [2.05, 4.69) is 0 Å². The molecule has 6 aliphatic carbocycles. The molecule has 1 heterocycles. The van der Waals surface area contributed by atoms with Crippen LogP contribution in [0, 0.1) is 35.5 Å². The molecule has 0 amide bonds. The Morgan fingerprint density at radius 2 is 1.82 bits per heavy atom. The number of fused-ring (bicyclic) bond motifs is 1. The fourth-order valence-corrected chi connectivity index (χ4v) is 8.21. The quantitative estimate of drug-likeness (QED) is 0.437. The van der Waals surface area contributed by atoms with Gasteiger partial charge >= 0.3 is 23.8 Å². The summed E-state index contributed by atoms with van der Waals surface area (Å²) in [7, 11) is 0. The zero-order valence-corrected chi connectivity index (χ0v) is 18.9. The largest absolute Gasteiger partial charge is 0.458 e. The summed E-state index contributed by atoms with van der Waals surface area (Å²) in [6.07, 6.45) is 4.46. The molecule has 6 bridgehead atoms. The monoisotopic (exact) mass is 468 g/mol. The summed E-state index contributed by atoms with van der Waals surface area (Å²) < 4.78 is 49.8. The molecule has 7 rings (SSSR count). The third-order valence-corrected chi connectivity index (χ3v) is 9.60. The van der Waals surface area contributed by atoms with E-state index in [0.717, 1.165) is 32.1 Å². The molecule has 6 saturated carbocycles. The van der Waals surface area contributed by atoms with E-state index in [4.69, 9.17) is 18.9 Å². The summed E-state index contributed by atoms with van der Waals surface area (Å²) in [5, 5.41) is 0. The lowest BCUT2D eigenvalue weighted by Crippen LogP contribution is -2.65. The molecule has 0 aromatic heterocycles. The van der Waals surface area contributed by atoms with Crippen molar-refractivity contribution in [3.8, 4) is 0 Å². The summed E-state index contributed by atoms with van der Waals surface area (Å²) in [6.45, 7) is 2.15. The molecular formula is C24H30F2O7. The van der Waals surface area contributed by atoms with Crippen LogP contribution < -0.4 is 0 Å². The molecule has 1 saturated heterocycles. The van der Waals surface area contributed by atoms with E-state index < -0.39 is 29.1 Å². The third-order valence-electron chi connectivity index (χ3n) is 9.60. The first-order chi connectivity index (χ1) is 15.5. The first-order valence-electron chi connectivity index (χ1n) is 12.1. The number of rotatable bonds is 6. The van der Waals surface area contributed by atoms with Gasteiger partial charge in [-0.1, -0.05) is 0 Å². The van der Waals surface area contributed by atoms with Crippen LogP contribution in [0.25, 0.3) is 0 Å². The van der Waals surface area contributed by atoms with Gasteiger partial charge < -0.3 is 18.9 Å². The molecule has 1 aliphatic heterocycles. The van der Waals surface area contributed by atoms with Crippen molar-refractivity contribution >= 4 is 17.9 Å². The van der Waals surface area contributed by atoms with Gasteiger partial charge in [0.15, 0.2) is 0 Å². The zero-order valence-electron chi connectivity index (χ0n) is 18.9. The SMILES string of the molecule is CC(F)(F)C(=O)OC1(C)C2CC3CC1CC(OCC(=O)OC1C4CC5C(=O)OC1C5C4)(C3)C2. The van der Waals surface area contributed by atoms with E-state index >= 15 is 0 Å². The van der Waals surface area contributed by atoms with Crippen molar-refractivity contribution in [2.45, 2.75) is 88.1 Å². The molecule has 9 heteroatoms. The number of carbonyl (C=O) groups excluding carboxylic acids is 3. The van der Waals surface area contributed by atoms with Crippen LogP contribution in [0.4, 0.5) is 8.78 Å². The normalized spacial score (nSPS) is 48.8. The van der Waals surface area contributed by atoms with E-state index in [1.165, 1.54) is 0 Å². The number of alkyl halides is 2. The van der Waals surface area contributed by atoms with Crippen molar-refractivity contribution in [3.05, 3.63) is 0 Å². The van der Waals surface area contributed by atoms with Crippen LogP contribution in [0.2, 0.25) is 0 Å². The average molecular weight is 468 g/mol. The van der Waals surface area contributed by atoms with Gasteiger partial charge in [-0.15, -0.1) is 0 Å². The Hall–Kier alpha value is -1.77. The summed E-state index contributed by atoms with van der Waals surface area (Å²) in [5.74, 6) is -5.10. The summed E-state index contributed by atoms with van der Waals surface area (Å²) in [6, 6.07) is 0. The lowest BCUT2D eigenvalue weighted by molar-refractivity contribution is -0.256. The van der Waals surface area contributed by atoms with Crippen LogP contribution in [0.3, 0.4) is 0 Å². The predicted molar refractivity (Wildman–Crippen MR) is 107 cm³/mol. The smallest absolute Gasteiger partial charge is 0.377 e. The van der Waals surface area contributed by atoms with Gasteiger partial charge in [0, 0.05) is 30.6 Å². The number of esters is 3. The maximum absolute atomic E-state index is 13.5. The molecule has 0 spiro atoms. The molecule has 7 unspecified atom stereocenters. The Morgan fingerprint density at radius 3 is 2.48 bits per heavy atom. The fourth-order valence-electron chi connectivity index (χ4n) is 8.21. The van der Waals surface area contributed by atoms with E-state index in [1.54, 1.807) is 6.92 Å². The summed E-state index contributed by atoms with van der Waals surface area (Å²) in [5.41, 5.74) is -1.46. The minimum Gasteiger partial charge on any atom is -0.458 e. The fraction of sp³-hybridized carbons (Fsp3) is 0.875.